The number of aryl methyl sites for hydroxylation is 1. The topological polar surface area (TPSA) is 73.0 Å². The van der Waals surface area contributed by atoms with Gasteiger partial charge in [0.1, 0.15) is 11.6 Å². The molecule has 1 N–H and O–H groups in total. The highest BCUT2D eigenvalue weighted by atomic mass is 127. The van der Waals surface area contributed by atoms with Gasteiger partial charge in [0.2, 0.25) is 5.13 Å². The zero-order chi connectivity index (χ0) is 19.9. The maximum Gasteiger partial charge on any atom is 0.205 e. The lowest BCUT2D eigenvalue weighted by Crippen LogP contribution is -2.52. The summed E-state index contributed by atoms with van der Waals surface area (Å²) in [5.41, 5.74) is 0. The molecule has 1 atom stereocenters. The Morgan fingerprint density at radius 3 is 2.62 bits per heavy atom. The average molecular weight is 533 g/mol. The van der Waals surface area contributed by atoms with E-state index < -0.39 is 0 Å². The molecule has 0 amide bonds. The highest BCUT2D eigenvalue weighted by molar-refractivity contribution is 14.0. The summed E-state index contributed by atoms with van der Waals surface area (Å²) in [6.07, 6.45) is 2.60. The third-order valence-electron chi connectivity index (χ3n) is 4.87. The van der Waals surface area contributed by atoms with Gasteiger partial charge >= 0.3 is 0 Å². The number of nitrogens with one attached hydrogen (secondary N) is 1. The molecule has 0 spiro atoms. The molecular weight excluding hydrogens is 501 g/mol. The van der Waals surface area contributed by atoms with Gasteiger partial charge in [-0.25, -0.2) is 4.98 Å². The molecule has 2 aromatic heterocycles. The van der Waals surface area contributed by atoms with Gasteiger partial charge in [0.25, 0.3) is 0 Å². The van der Waals surface area contributed by atoms with Crippen LogP contribution in [0.15, 0.2) is 27.8 Å². The number of piperazine rings is 1. The fourth-order valence-electron chi connectivity index (χ4n) is 3.21. The number of likely N-dealkylation sites (N-methyl/N-ethyl adjacent to an activating group) is 1. The van der Waals surface area contributed by atoms with Crippen LogP contribution in [-0.2, 0) is 6.42 Å². The second-order valence-corrected chi connectivity index (χ2v) is 7.74. The minimum absolute atomic E-state index is 0. The fourth-order valence-corrected chi connectivity index (χ4v) is 4.01. The number of guanidine groups is 1. The molecule has 8 nitrogen and oxygen atoms in total. The summed E-state index contributed by atoms with van der Waals surface area (Å²) in [5, 5.41) is 4.47. The van der Waals surface area contributed by atoms with E-state index in [1.165, 1.54) is 11.5 Å². The summed E-state index contributed by atoms with van der Waals surface area (Å²) in [5.74, 6) is 2.84. The predicted octanol–water partition coefficient (Wildman–Crippen LogP) is 2.70. The van der Waals surface area contributed by atoms with Gasteiger partial charge in [-0.05, 0) is 33.2 Å². The number of furan rings is 1. The number of hydrogen-bond acceptors (Lipinski definition) is 7. The molecule has 1 unspecified atom stereocenters. The first-order chi connectivity index (χ1) is 13.6. The predicted molar refractivity (Wildman–Crippen MR) is 130 cm³/mol. The zero-order valence-electron chi connectivity index (χ0n) is 17.7. The Labute approximate surface area is 194 Å². The molecular formula is C19H32IN7OS. The van der Waals surface area contributed by atoms with Crippen molar-refractivity contribution in [2.45, 2.75) is 26.3 Å². The maximum absolute atomic E-state index is 5.61. The van der Waals surface area contributed by atoms with Gasteiger partial charge in [-0.2, -0.15) is 4.37 Å². The van der Waals surface area contributed by atoms with Crippen LogP contribution < -0.4 is 10.2 Å². The van der Waals surface area contributed by atoms with Crippen LogP contribution in [0.5, 0.6) is 0 Å². The van der Waals surface area contributed by atoms with Crippen molar-refractivity contribution in [1.82, 2.24) is 24.5 Å². The van der Waals surface area contributed by atoms with E-state index in [-0.39, 0.29) is 30.0 Å². The van der Waals surface area contributed by atoms with Gasteiger partial charge in [-0.1, -0.05) is 6.92 Å². The van der Waals surface area contributed by atoms with Crippen LogP contribution in [-0.4, -0.2) is 78.5 Å². The van der Waals surface area contributed by atoms with Crippen molar-refractivity contribution in [2.75, 3.05) is 58.3 Å². The Balaban J connectivity index is 0.00000300. The van der Waals surface area contributed by atoms with E-state index in [4.69, 9.17) is 9.41 Å². The number of aliphatic imine (C=N–C) groups is 1. The van der Waals surface area contributed by atoms with Gasteiger partial charge < -0.3 is 19.5 Å². The summed E-state index contributed by atoms with van der Waals surface area (Å²) in [4.78, 5) is 16.3. The Kier molecular flexibility index (Phi) is 9.63. The molecule has 162 valence electrons. The average Bonchev–Trinajstić information content (AvgIpc) is 3.39. The molecule has 3 heterocycles. The van der Waals surface area contributed by atoms with E-state index in [2.05, 4.69) is 57.3 Å². The van der Waals surface area contributed by atoms with Crippen LogP contribution in [0.4, 0.5) is 5.13 Å². The summed E-state index contributed by atoms with van der Waals surface area (Å²) in [6, 6.07) is 4.06. The smallest absolute Gasteiger partial charge is 0.205 e. The normalized spacial score (nSPS) is 16.1. The molecule has 1 fully saturated rings. The van der Waals surface area contributed by atoms with Gasteiger partial charge in [0.15, 0.2) is 5.96 Å². The number of halogens is 1. The number of rotatable bonds is 7. The summed E-state index contributed by atoms with van der Waals surface area (Å²) in [7, 11) is 4.11. The van der Waals surface area contributed by atoms with Crippen LogP contribution in [0.1, 0.15) is 31.5 Å². The SMILES string of the molecule is CCNC(=NCC(c1ccco1)N(C)C)N1CCN(c2nc(CC)ns2)CC1.I. The minimum Gasteiger partial charge on any atom is -0.468 e. The van der Waals surface area contributed by atoms with E-state index >= 15 is 0 Å². The lowest BCUT2D eigenvalue weighted by molar-refractivity contribution is 0.263. The van der Waals surface area contributed by atoms with Crippen LogP contribution >= 0.6 is 35.5 Å². The second-order valence-electron chi connectivity index (χ2n) is 7.01. The maximum atomic E-state index is 5.61. The summed E-state index contributed by atoms with van der Waals surface area (Å²) < 4.78 is 10.0. The lowest BCUT2D eigenvalue weighted by Gasteiger charge is -2.36. The van der Waals surface area contributed by atoms with Crippen LogP contribution in [0.25, 0.3) is 0 Å². The second kappa shape index (κ2) is 11.7. The highest BCUT2D eigenvalue weighted by Crippen LogP contribution is 2.21. The van der Waals surface area contributed by atoms with E-state index in [1.807, 2.05) is 12.1 Å². The standard InChI is InChI=1S/C19H31N7OS.HI/c1-5-17-22-19(28-23-17)26-11-9-25(10-12-26)18(20-6-2)21-14-15(24(3)4)16-8-7-13-27-16;/h7-8,13,15H,5-6,9-12,14H2,1-4H3,(H,20,21);1H. The molecule has 0 saturated carbocycles. The van der Waals surface area contributed by atoms with Crippen LogP contribution in [0, 0.1) is 0 Å². The highest BCUT2D eigenvalue weighted by Gasteiger charge is 2.23. The Morgan fingerprint density at radius 1 is 1.31 bits per heavy atom. The number of hydrogen-bond donors (Lipinski definition) is 1. The van der Waals surface area contributed by atoms with E-state index in [0.29, 0.717) is 6.54 Å². The van der Waals surface area contributed by atoms with Crippen molar-refractivity contribution in [3.63, 3.8) is 0 Å². The largest absolute Gasteiger partial charge is 0.468 e. The third kappa shape index (κ3) is 6.29. The molecule has 2 aromatic rings. The molecule has 0 aromatic carbocycles. The molecule has 3 rings (SSSR count). The van der Waals surface area contributed by atoms with Crippen molar-refractivity contribution in [2.24, 2.45) is 4.99 Å². The van der Waals surface area contributed by atoms with E-state index in [1.54, 1.807) is 6.26 Å². The van der Waals surface area contributed by atoms with Crippen LogP contribution in [0.2, 0.25) is 0 Å². The Hall–Kier alpha value is -1.40. The molecule has 10 heteroatoms. The van der Waals surface area contributed by atoms with Gasteiger partial charge in [-0.3, -0.25) is 9.89 Å². The first-order valence-corrected chi connectivity index (χ1v) is 10.7. The third-order valence-corrected chi connectivity index (χ3v) is 5.68. The molecule has 0 aliphatic carbocycles. The minimum atomic E-state index is 0. The molecule has 0 bridgehead atoms. The lowest BCUT2D eigenvalue weighted by atomic mass is 10.2. The number of nitrogens with zero attached hydrogens (tertiary/aromatic N) is 6. The summed E-state index contributed by atoms with van der Waals surface area (Å²) in [6.45, 7) is 9.39. The number of aromatic nitrogens is 2. The quantitative estimate of drug-likeness (QED) is 0.334. The Bertz CT molecular complexity index is 742. The van der Waals surface area contributed by atoms with Crippen molar-refractivity contribution >= 4 is 46.6 Å². The first kappa shape index (κ1) is 23.9. The first-order valence-electron chi connectivity index (χ1n) is 9.93. The van der Waals surface area contributed by atoms with Crippen molar-refractivity contribution in [3.8, 4) is 0 Å². The van der Waals surface area contributed by atoms with E-state index in [0.717, 1.165) is 61.8 Å². The van der Waals surface area contributed by atoms with Crippen molar-refractivity contribution in [1.29, 1.82) is 0 Å². The van der Waals surface area contributed by atoms with Gasteiger partial charge in [0, 0.05) is 50.7 Å². The van der Waals surface area contributed by atoms with Crippen molar-refractivity contribution < 1.29 is 4.42 Å². The van der Waals surface area contributed by atoms with E-state index in [9.17, 15) is 0 Å². The molecule has 1 aliphatic rings. The zero-order valence-corrected chi connectivity index (χ0v) is 20.8. The molecule has 29 heavy (non-hydrogen) atoms. The monoisotopic (exact) mass is 533 g/mol. The van der Waals surface area contributed by atoms with Gasteiger partial charge in [-0.15, -0.1) is 24.0 Å². The van der Waals surface area contributed by atoms with Crippen LogP contribution in [0.3, 0.4) is 0 Å². The molecule has 1 aliphatic heterocycles. The fraction of sp³-hybridized carbons (Fsp3) is 0.632. The van der Waals surface area contributed by atoms with Crippen molar-refractivity contribution in [3.05, 3.63) is 30.0 Å². The molecule has 0 radical (unpaired) electrons. The summed E-state index contributed by atoms with van der Waals surface area (Å²) >= 11 is 1.50. The molecule has 1 saturated heterocycles. The Morgan fingerprint density at radius 2 is 2.07 bits per heavy atom. The number of anilines is 1. The van der Waals surface area contributed by atoms with Gasteiger partial charge in [0.05, 0.1) is 18.8 Å².